The lowest BCUT2D eigenvalue weighted by Gasteiger charge is -2.38. The van der Waals surface area contributed by atoms with Gasteiger partial charge in [0.2, 0.25) is 5.91 Å². The number of nitrogens with one attached hydrogen (secondary N) is 1. The fourth-order valence-electron chi connectivity index (χ4n) is 2.76. The van der Waals surface area contributed by atoms with Gasteiger partial charge in [0, 0.05) is 45.3 Å². The Balaban J connectivity index is 1.39. The molecule has 2 heterocycles. The highest BCUT2D eigenvalue weighted by atomic mass is 16.5. The molecule has 7 heteroatoms. The molecule has 3 aliphatic rings. The van der Waals surface area contributed by atoms with Gasteiger partial charge in [-0.15, -0.1) is 0 Å². The van der Waals surface area contributed by atoms with Gasteiger partial charge in [-0.3, -0.25) is 9.69 Å². The SMILES string of the molecule is O=C(CN1CCN(C(=O)N2CCOCC2)CC1)NC1CC1. The third kappa shape index (κ3) is 4.07. The molecule has 0 aromatic carbocycles. The van der Waals surface area contributed by atoms with E-state index in [1.165, 1.54) is 0 Å². The largest absolute Gasteiger partial charge is 0.378 e. The minimum atomic E-state index is 0.111. The number of hydrogen-bond acceptors (Lipinski definition) is 4. The molecular weight excluding hydrogens is 272 g/mol. The standard InChI is InChI=1S/C14H24N4O3/c19-13(15-12-1-2-12)11-16-3-5-17(6-4-16)14(20)18-7-9-21-10-8-18/h12H,1-11H2,(H,15,19). The Morgan fingerprint density at radius 1 is 0.952 bits per heavy atom. The molecule has 0 atom stereocenters. The highest BCUT2D eigenvalue weighted by molar-refractivity contribution is 5.78. The summed E-state index contributed by atoms with van der Waals surface area (Å²) in [6.45, 7) is 6.03. The van der Waals surface area contributed by atoms with Crippen molar-refractivity contribution in [2.24, 2.45) is 0 Å². The summed E-state index contributed by atoms with van der Waals surface area (Å²) < 4.78 is 5.27. The van der Waals surface area contributed by atoms with Crippen molar-refractivity contribution in [3.8, 4) is 0 Å². The number of carbonyl (C=O) groups is 2. The Kier molecular flexibility index (Phi) is 4.60. The lowest BCUT2D eigenvalue weighted by Crippen LogP contribution is -2.55. The van der Waals surface area contributed by atoms with Gasteiger partial charge in [-0.05, 0) is 12.8 Å². The number of carbonyl (C=O) groups excluding carboxylic acids is 2. The molecule has 3 rings (SSSR count). The molecule has 1 N–H and O–H groups in total. The summed E-state index contributed by atoms with van der Waals surface area (Å²) in [6, 6.07) is 0.530. The maximum atomic E-state index is 12.3. The highest BCUT2D eigenvalue weighted by Gasteiger charge is 2.28. The van der Waals surface area contributed by atoms with Crippen LogP contribution in [0.5, 0.6) is 0 Å². The molecule has 21 heavy (non-hydrogen) atoms. The Labute approximate surface area is 125 Å². The molecule has 0 spiro atoms. The van der Waals surface area contributed by atoms with E-state index in [1.807, 2.05) is 9.80 Å². The van der Waals surface area contributed by atoms with Crippen molar-refractivity contribution in [3.63, 3.8) is 0 Å². The minimum Gasteiger partial charge on any atom is -0.378 e. The second-order valence-corrected chi connectivity index (χ2v) is 5.99. The lowest BCUT2D eigenvalue weighted by molar-refractivity contribution is -0.122. The van der Waals surface area contributed by atoms with Crippen LogP contribution in [0.1, 0.15) is 12.8 Å². The monoisotopic (exact) mass is 296 g/mol. The first-order valence-electron chi connectivity index (χ1n) is 7.86. The fraction of sp³-hybridized carbons (Fsp3) is 0.857. The molecule has 3 fully saturated rings. The molecule has 3 amide bonds. The van der Waals surface area contributed by atoms with Crippen molar-refractivity contribution < 1.29 is 14.3 Å². The summed E-state index contributed by atoms with van der Waals surface area (Å²) in [5, 5.41) is 3.00. The van der Waals surface area contributed by atoms with Gasteiger partial charge in [0.25, 0.3) is 0 Å². The summed E-state index contributed by atoms with van der Waals surface area (Å²) in [6.07, 6.45) is 2.24. The van der Waals surface area contributed by atoms with Crippen molar-refractivity contribution >= 4 is 11.9 Å². The average molecular weight is 296 g/mol. The second-order valence-electron chi connectivity index (χ2n) is 5.99. The molecule has 0 bridgehead atoms. The van der Waals surface area contributed by atoms with E-state index < -0.39 is 0 Å². The number of piperazine rings is 1. The molecule has 118 valence electrons. The van der Waals surface area contributed by atoms with Gasteiger partial charge in [-0.2, -0.15) is 0 Å². The maximum absolute atomic E-state index is 12.3. The van der Waals surface area contributed by atoms with E-state index in [0.717, 1.165) is 25.9 Å². The zero-order valence-corrected chi connectivity index (χ0v) is 12.4. The van der Waals surface area contributed by atoms with Crippen LogP contribution >= 0.6 is 0 Å². The summed E-state index contributed by atoms with van der Waals surface area (Å²) in [5.41, 5.74) is 0. The van der Waals surface area contributed by atoms with Crippen LogP contribution in [0.25, 0.3) is 0 Å². The van der Waals surface area contributed by atoms with E-state index in [0.29, 0.717) is 52.0 Å². The van der Waals surface area contributed by atoms with E-state index in [-0.39, 0.29) is 11.9 Å². The van der Waals surface area contributed by atoms with Crippen molar-refractivity contribution in [2.45, 2.75) is 18.9 Å². The lowest BCUT2D eigenvalue weighted by atomic mass is 10.3. The first kappa shape index (κ1) is 14.6. The highest BCUT2D eigenvalue weighted by Crippen LogP contribution is 2.18. The molecule has 0 aromatic heterocycles. The molecule has 0 aromatic rings. The van der Waals surface area contributed by atoms with Crippen molar-refractivity contribution in [1.82, 2.24) is 20.0 Å². The topological polar surface area (TPSA) is 65.1 Å². The number of urea groups is 1. The van der Waals surface area contributed by atoms with Crippen LogP contribution in [0.4, 0.5) is 4.79 Å². The van der Waals surface area contributed by atoms with Crippen LogP contribution in [0.2, 0.25) is 0 Å². The van der Waals surface area contributed by atoms with E-state index in [2.05, 4.69) is 10.2 Å². The third-order valence-corrected chi connectivity index (χ3v) is 4.23. The number of amides is 3. The van der Waals surface area contributed by atoms with Crippen LogP contribution in [0, 0.1) is 0 Å². The van der Waals surface area contributed by atoms with Gasteiger partial charge in [-0.25, -0.2) is 4.79 Å². The van der Waals surface area contributed by atoms with Gasteiger partial charge in [-0.1, -0.05) is 0 Å². The molecular formula is C14H24N4O3. The number of hydrogen-bond donors (Lipinski definition) is 1. The van der Waals surface area contributed by atoms with Crippen LogP contribution < -0.4 is 5.32 Å². The Hall–Kier alpha value is -1.34. The van der Waals surface area contributed by atoms with Crippen molar-refractivity contribution in [3.05, 3.63) is 0 Å². The number of ether oxygens (including phenoxy) is 1. The first-order valence-corrected chi connectivity index (χ1v) is 7.86. The van der Waals surface area contributed by atoms with Crippen molar-refractivity contribution in [1.29, 1.82) is 0 Å². The van der Waals surface area contributed by atoms with E-state index >= 15 is 0 Å². The van der Waals surface area contributed by atoms with Gasteiger partial charge in [0.1, 0.15) is 0 Å². The number of rotatable bonds is 3. The van der Waals surface area contributed by atoms with Crippen molar-refractivity contribution in [2.75, 3.05) is 59.0 Å². The fourth-order valence-corrected chi connectivity index (χ4v) is 2.76. The summed E-state index contributed by atoms with van der Waals surface area (Å²) in [4.78, 5) is 30.0. The van der Waals surface area contributed by atoms with E-state index in [9.17, 15) is 9.59 Å². The second kappa shape index (κ2) is 6.62. The predicted octanol–water partition coefficient (Wildman–Crippen LogP) is -0.665. The van der Waals surface area contributed by atoms with Gasteiger partial charge in [0.15, 0.2) is 0 Å². The molecule has 0 unspecified atom stereocenters. The van der Waals surface area contributed by atoms with Crippen LogP contribution in [0.3, 0.4) is 0 Å². The predicted molar refractivity (Wildman–Crippen MR) is 77.0 cm³/mol. The molecule has 7 nitrogen and oxygen atoms in total. The Morgan fingerprint density at radius 2 is 1.57 bits per heavy atom. The summed E-state index contributed by atoms with van der Waals surface area (Å²) >= 11 is 0. The Morgan fingerprint density at radius 3 is 2.19 bits per heavy atom. The third-order valence-electron chi connectivity index (χ3n) is 4.23. The quantitative estimate of drug-likeness (QED) is 0.750. The van der Waals surface area contributed by atoms with Gasteiger partial charge < -0.3 is 19.9 Å². The zero-order chi connectivity index (χ0) is 14.7. The minimum absolute atomic E-state index is 0.111. The molecule has 1 aliphatic carbocycles. The normalized spacial score (nSPS) is 24.0. The zero-order valence-electron chi connectivity index (χ0n) is 12.4. The molecule has 2 saturated heterocycles. The van der Waals surface area contributed by atoms with E-state index in [1.54, 1.807) is 0 Å². The first-order chi connectivity index (χ1) is 10.2. The van der Waals surface area contributed by atoms with Gasteiger partial charge >= 0.3 is 6.03 Å². The van der Waals surface area contributed by atoms with Gasteiger partial charge in [0.05, 0.1) is 19.8 Å². The number of nitrogens with zero attached hydrogens (tertiary/aromatic N) is 3. The molecule has 0 radical (unpaired) electrons. The van der Waals surface area contributed by atoms with Crippen LogP contribution in [-0.4, -0.2) is 91.7 Å². The summed E-state index contributed by atoms with van der Waals surface area (Å²) in [7, 11) is 0. The molecule has 2 aliphatic heterocycles. The molecule has 1 saturated carbocycles. The Bertz CT molecular complexity index is 386. The van der Waals surface area contributed by atoms with E-state index in [4.69, 9.17) is 4.74 Å². The van der Waals surface area contributed by atoms with Crippen LogP contribution in [-0.2, 0) is 9.53 Å². The smallest absolute Gasteiger partial charge is 0.320 e. The maximum Gasteiger partial charge on any atom is 0.320 e. The number of morpholine rings is 1. The van der Waals surface area contributed by atoms with Crippen LogP contribution in [0.15, 0.2) is 0 Å². The summed E-state index contributed by atoms with van der Waals surface area (Å²) in [5.74, 6) is 0.116. The average Bonchev–Trinajstić information content (AvgIpc) is 3.32.